The van der Waals surface area contributed by atoms with Gasteiger partial charge >= 0.3 is 0 Å². The Morgan fingerprint density at radius 2 is 1.95 bits per heavy atom. The van der Waals surface area contributed by atoms with E-state index in [1.54, 1.807) is 0 Å². The second-order valence-corrected chi connectivity index (χ2v) is 5.33. The number of carbonyl (C=O) groups excluding carboxylic acids is 1. The number of benzene rings is 2. The van der Waals surface area contributed by atoms with Crippen LogP contribution in [0.25, 0.3) is 0 Å². The lowest BCUT2D eigenvalue weighted by atomic mass is 9.97. The third-order valence-electron chi connectivity index (χ3n) is 3.72. The lowest BCUT2D eigenvalue weighted by Gasteiger charge is -2.19. The third-order valence-corrected chi connectivity index (χ3v) is 3.72. The van der Waals surface area contributed by atoms with Gasteiger partial charge in [-0.15, -0.1) is 0 Å². The second-order valence-electron chi connectivity index (χ2n) is 5.33. The molecule has 1 aliphatic rings. The van der Waals surface area contributed by atoms with Gasteiger partial charge in [-0.1, -0.05) is 42.0 Å². The Hall–Kier alpha value is -2.09. The van der Waals surface area contributed by atoms with Gasteiger partial charge in [0.2, 0.25) is 0 Å². The number of ether oxygens (including phenoxy) is 1. The van der Waals surface area contributed by atoms with Crippen molar-refractivity contribution in [2.45, 2.75) is 26.2 Å². The number of rotatable bonds is 3. The van der Waals surface area contributed by atoms with E-state index in [0.29, 0.717) is 13.0 Å². The molecule has 0 N–H and O–H groups in total. The van der Waals surface area contributed by atoms with E-state index in [9.17, 15) is 4.79 Å². The number of para-hydroxylation sites is 1. The minimum atomic E-state index is 0.132. The van der Waals surface area contributed by atoms with Crippen molar-refractivity contribution in [1.29, 1.82) is 0 Å². The largest absolute Gasteiger partial charge is 0.493 e. The van der Waals surface area contributed by atoms with E-state index in [0.717, 1.165) is 35.3 Å². The van der Waals surface area contributed by atoms with Gasteiger partial charge in [0.25, 0.3) is 0 Å². The second kappa shape index (κ2) is 5.49. The molecule has 0 unspecified atom stereocenters. The zero-order valence-corrected chi connectivity index (χ0v) is 11.7. The van der Waals surface area contributed by atoms with Gasteiger partial charge in [0, 0.05) is 6.42 Å². The Kier molecular flexibility index (Phi) is 3.55. The lowest BCUT2D eigenvalue weighted by molar-refractivity contribution is 0.0988. The van der Waals surface area contributed by atoms with Gasteiger partial charge in [-0.3, -0.25) is 4.79 Å². The Bertz CT molecular complexity index is 626. The molecule has 0 saturated carbocycles. The first-order valence-corrected chi connectivity index (χ1v) is 7.07. The van der Waals surface area contributed by atoms with Crippen molar-refractivity contribution < 1.29 is 9.53 Å². The summed E-state index contributed by atoms with van der Waals surface area (Å²) in [6.45, 7) is 2.76. The van der Waals surface area contributed by atoms with Crippen molar-refractivity contribution in [3.05, 3.63) is 64.7 Å². The molecule has 2 aromatic carbocycles. The van der Waals surface area contributed by atoms with Crippen molar-refractivity contribution in [3.63, 3.8) is 0 Å². The summed E-state index contributed by atoms with van der Waals surface area (Å²) < 4.78 is 5.71. The maximum Gasteiger partial charge on any atom is 0.170 e. The van der Waals surface area contributed by atoms with Crippen LogP contribution in [0.5, 0.6) is 5.75 Å². The molecule has 20 heavy (non-hydrogen) atoms. The van der Waals surface area contributed by atoms with E-state index in [-0.39, 0.29) is 5.78 Å². The van der Waals surface area contributed by atoms with Crippen LogP contribution in [-0.4, -0.2) is 12.4 Å². The molecule has 0 bridgehead atoms. The number of ketones is 1. The van der Waals surface area contributed by atoms with Gasteiger partial charge in [0.15, 0.2) is 5.78 Å². The van der Waals surface area contributed by atoms with Gasteiger partial charge in [-0.2, -0.15) is 0 Å². The minimum Gasteiger partial charge on any atom is -0.493 e. The molecular formula is C18H18O2. The summed E-state index contributed by atoms with van der Waals surface area (Å²) in [7, 11) is 0. The molecule has 0 spiro atoms. The molecule has 0 atom stereocenters. The Balaban J connectivity index is 1.85. The Morgan fingerprint density at radius 1 is 1.15 bits per heavy atom. The minimum absolute atomic E-state index is 0.132. The maximum atomic E-state index is 12.5. The molecule has 3 rings (SSSR count). The highest BCUT2D eigenvalue weighted by Crippen LogP contribution is 2.29. The molecule has 0 saturated heterocycles. The van der Waals surface area contributed by atoms with Crippen LogP contribution in [-0.2, 0) is 12.8 Å². The number of hydrogen-bond acceptors (Lipinski definition) is 2. The summed E-state index contributed by atoms with van der Waals surface area (Å²) in [6, 6.07) is 14.0. The van der Waals surface area contributed by atoms with Crippen LogP contribution in [0.2, 0.25) is 0 Å². The predicted octanol–water partition coefficient (Wildman–Crippen LogP) is 3.75. The average Bonchev–Trinajstić information content (AvgIpc) is 2.49. The molecule has 1 heterocycles. The SMILES string of the molecule is Cc1ccc(CC(=O)c2cccc3c2OCCC3)cc1. The van der Waals surface area contributed by atoms with Gasteiger partial charge in [-0.05, 0) is 37.0 Å². The van der Waals surface area contributed by atoms with Gasteiger partial charge in [-0.25, -0.2) is 0 Å². The predicted molar refractivity (Wildman–Crippen MR) is 79.5 cm³/mol. The summed E-state index contributed by atoms with van der Waals surface area (Å²) >= 11 is 0. The van der Waals surface area contributed by atoms with Crippen LogP contribution < -0.4 is 4.74 Å². The molecule has 0 fully saturated rings. The smallest absolute Gasteiger partial charge is 0.170 e. The molecule has 0 aromatic heterocycles. The van der Waals surface area contributed by atoms with Crippen LogP contribution in [0.1, 0.15) is 33.5 Å². The fourth-order valence-corrected chi connectivity index (χ4v) is 2.60. The zero-order chi connectivity index (χ0) is 13.9. The normalized spacial score (nSPS) is 13.4. The van der Waals surface area contributed by atoms with Crippen molar-refractivity contribution >= 4 is 5.78 Å². The fourth-order valence-electron chi connectivity index (χ4n) is 2.60. The van der Waals surface area contributed by atoms with E-state index in [1.165, 1.54) is 5.56 Å². The van der Waals surface area contributed by atoms with E-state index in [2.05, 4.69) is 6.07 Å². The standard InChI is InChI=1S/C18H18O2/c1-13-7-9-14(10-8-13)12-17(19)16-6-2-4-15-5-3-11-20-18(15)16/h2,4,6-10H,3,5,11-12H2,1H3. The van der Waals surface area contributed by atoms with Crippen molar-refractivity contribution in [1.82, 2.24) is 0 Å². The molecule has 102 valence electrons. The maximum absolute atomic E-state index is 12.5. The van der Waals surface area contributed by atoms with Crippen LogP contribution in [0.15, 0.2) is 42.5 Å². The highest BCUT2D eigenvalue weighted by molar-refractivity contribution is 6.00. The summed E-state index contributed by atoms with van der Waals surface area (Å²) in [5.74, 6) is 0.934. The first-order valence-electron chi connectivity index (χ1n) is 7.07. The molecule has 2 aromatic rings. The average molecular weight is 266 g/mol. The number of hydrogen-bond donors (Lipinski definition) is 0. The quantitative estimate of drug-likeness (QED) is 0.791. The zero-order valence-electron chi connectivity index (χ0n) is 11.7. The molecule has 2 nitrogen and oxygen atoms in total. The monoisotopic (exact) mass is 266 g/mol. The molecule has 0 amide bonds. The first-order chi connectivity index (χ1) is 9.74. The van der Waals surface area contributed by atoms with E-state index < -0.39 is 0 Å². The summed E-state index contributed by atoms with van der Waals surface area (Å²) in [4.78, 5) is 12.5. The fraction of sp³-hybridized carbons (Fsp3) is 0.278. The van der Waals surface area contributed by atoms with Crippen LogP contribution in [0.3, 0.4) is 0 Å². The number of Topliss-reactive ketones (excluding diaryl/α,β-unsaturated/α-hetero) is 1. The third kappa shape index (κ3) is 2.60. The summed E-state index contributed by atoms with van der Waals surface area (Å²) in [6.07, 6.45) is 2.46. The van der Waals surface area contributed by atoms with Crippen molar-refractivity contribution in [3.8, 4) is 5.75 Å². The Morgan fingerprint density at radius 3 is 2.75 bits per heavy atom. The highest BCUT2D eigenvalue weighted by atomic mass is 16.5. The Labute approximate surface area is 119 Å². The van der Waals surface area contributed by atoms with E-state index >= 15 is 0 Å². The van der Waals surface area contributed by atoms with Crippen LogP contribution >= 0.6 is 0 Å². The van der Waals surface area contributed by atoms with Crippen molar-refractivity contribution in [2.24, 2.45) is 0 Å². The first kappa shape index (κ1) is 12.9. The summed E-state index contributed by atoms with van der Waals surface area (Å²) in [5, 5.41) is 0. The van der Waals surface area contributed by atoms with Gasteiger partial charge in [0.1, 0.15) is 5.75 Å². The van der Waals surface area contributed by atoms with Crippen LogP contribution in [0, 0.1) is 6.92 Å². The van der Waals surface area contributed by atoms with Crippen molar-refractivity contribution in [2.75, 3.05) is 6.61 Å². The van der Waals surface area contributed by atoms with Crippen LogP contribution in [0.4, 0.5) is 0 Å². The molecule has 2 heteroatoms. The lowest BCUT2D eigenvalue weighted by Crippen LogP contribution is -2.14. The summed E-state index contributed by atoms with van der Waals surface area (Å²) in [5.41, 5.74) is 4.14. The molecule has 0 aliphatic carbocycles. The van der Waals surface area contributed by atoms with Gasteiger partial charge in [0.05, 0.1) is 12.2 Å². The molecule has 0 radical (unpaired) electrons. The number of carbonyl (C=O) groups is 1. The topological polar surface area (TPSA) is 26.3 Å². The van der Waals surface area contributed by atoms with E-state index in [4.69, 9.17) is 4.74 Å². The molecule has 1 aliphatic heterocycles. The molecular weight excluding hydrogens is 248 g/mol. The highest BCUT2D eigenvalue weighted by Gasteiger charge is 2.19. The van der Waals surface area contributed by atoms with Gasteiger partial charge < -0.3 is 4.74 Å². The number of fused-ring (bicyclic) bond motifs is 1. The van der Waals surface area contributed by atoms with E-state index in [1.807, 2.05) is 43.3 Å². The number of aryl methyl sites for hydroxylation is 2.